The molecule has 2 aliphatic carbocycles. The standard InChI is InChI=1S/C32H50N4O6/c1-8-10-16-22(26(37)28(39)33-17-9-2)34-27(38)25-24-21(32(24,6)7)19-36(25)29(40)23(18-20-14-12-11-13-15-20)35-30(41)42-31(3,4)5/h8-9,20-25H,1-2,10-19H2,3-7H3,(H,33,39)(H,34,38)(H,35,41)/t21?,22-,23?,24?,25?/m0/s1. The van der Waals surface area contributed by atoms with Gasteiger partial charge in [0.2, 0.25) is 17.6 Å². The summed E-state index contributed by atoms with van der Waals surface area (Å²) < 4.78 is 5.48. The van der Waals surface area contributed by atoms with E-state index in [1.165, 1.54) is 12.5 Å². The largest absolute Gasteiger partial charge is 0.444 e. The molecule has 5 atom stereocenters. The highest BCUT2D eigenvalue weighted by Gasteiger charge is 2.69. The number of carbonyl (C=O) groups excluding carboxylic acids is 5. The summed E-state index contributed by atoms with van der Waals surface area (Å²) in [6.07, 6.45) is 8.85. The van der Waals surface area contributed by atoms with Gasteiger partial charge in [0.15, 0.2) is 0 Å². The van der Waals surface area contributed by atoms with Gasteiger partial charge in [0.1, 0.15) is 17.7 Å². The average molecular weight is 587 g/mol. The van der Waals surface area contributed by atoms with Crippen LogP contribution < -0.4 is 16.0 Å². The molecule has 0 aromatic rings. The van der Waals surface area contributed by atoms with Crippen LogP contribution in [0.2, 0.25) is 0 Å². The second-order valence-electron chi connectivity index (χ2n) is 13.6. The van der Waals surface area contributed by atoms with Gasteiger partial charge in [0.05, 0.1) is 6.04 Å². The molecule has 4 unspecified atom stereocenters. The van der Waals surface area contributed by atoms with Gasteiger partial charge in [0.25, 0.3) is 5.91 Å². The van der Waals surface area contributed by atoms with Crippen LogP contribution in [-0.4, -0.2) is 71.3 Å². The maximum absolute atomic E-state index is 14.2. The summed E-state index contributed by atoms with van der Waals surface area (Å²) in [7, 11) is 0. The first-order chi connectivity index (χ1) is 19.7. The Hall–Kier alpha value is -3.17. The minimum absolute atomic E-state index is 0.0944. The molecule has 10 heteroatoms. The molecule has 0 bridgehead atoms. The zero-order valence-corrected chi connectivity index (χ0v) is 26.0. The number of rotatable bonds is 13. The number of likely N-dealkylation sites (tertiary alicyclic amines) is 1. The molecule has 0 aromatic heterocycles. The van der Waals surface area contributed by atoms with E-state index in [1.54, 1.807) is 31.7 Å². The number of carbonyl (C=O) groups is 5. The van der Waals surface area contributed by atoms with Gasteiger partial charge in [0, 0.05) is 13.1 Å². The fourth-order valence-electron chi connectivity index (χ4n) is 6.66. The second-order valence-corrected chi connectivity index (χ2v) is 13.6. The Labute approximate surface area is 250 Å². The third-order valence-corrected chi connectivity index (χ3v) is 8.97. The number of ketones is 1. The number of piperidine rings is 1. The molecule has 0 spiro atoms. The number of Topliss-reactive ketones (excluding diaryl/α,β-unsaturated/α-hetero) is 1. The van der Waals surface area contributed by atoms with Crippen LogP contribution in [0.1, 0.15) is 86.0 Å². The number of allylic oxidation sites excluding steroid dienone is 1. The van der Waals surface area contributed by atoms with Crippen LogP contribution in [-0.2, 0) is 23.9 Å². The van der Waals surface area contributed by atoms with Gasteiger partial charge >= 0.3 is 6.09 Å². The number of nitrogens with one attached hydrogen (secondary N) is 3. The maximum Gasteiger partial charge on any atom is 0.408 e. The lowest BCUT2D eigenvalue weighted by Crippen LogP contribution is -2.58. The molecule has 234 valence electrons. The average Bonchev–Trinajstić information content (AvgIpc) is 3.23. The highest BCUT2D eigenvalue weighted by molar-refractivity contribution is 6.38. The van der Waals surface area contributed by atoms with Crippen LogP contribution in [0.15, 0.2) is 25.3 Å². The SMILES string of the molecule is C=CCC[C@H](NC(=O)C1C2C(CN1C(=O)C(CC1CCCCC1)NC(=O)OC(C)(C)C)C2(C)C)C(=O)C(=O)NCC=C. The number of alkyl carbamates (subject to hydrolysis) is 1. The van der Waals surface area contributed by atoms with Crippen LogP contribution in [0, 0.1) is 23.2 Å². The van der Waals surface area contributed by atoms with Gasteiger partial charge < -0.3 is 25.6 Å². The van der Waals surface area contributed by atoms with Crippen LogP contribution >= 0.6 is 0 Å². The van der Waals surface area contributed by atoms with Crippen molar-refractivity contribution in [2.24, 2.45) is 23.2 Å². The molecule has 10 nitrogen and oxygen atoms in total. The van der Waals surface area contributed by atoms with Crippen molar-refractivity contribution < 1.29 is 28.7 Å². The molecule has 3 rings (SSSR count). The minimum atomic E-state index is -1.06. The molecule has 1 aliphatic heterocycles. The maximum atomic E-state index is 14.2. The van der Waals surface area contributed by atoms with E-state index in [1.807, 2.05) is 0 Å². The molecule has 42 heavy (non-hydrogen) atoms. The number of amides is 4. The topological polar surface area (TPSA) is 134 Å². The smallest absolute Gasteiger partial charge is 0.408 e. The summed E-state index contributed by atoms with van der Waals surface area (Å²) in [6, 6.07) is -2.71. The molecule has 0 radical (unpaired) electrons. The molecule has 1 heterocycles. The summed E-state index contributed by atoms with van der Waals surface area (Å²) in [4.78, 5) is 67.8. The summed E-state index contributed by atoms with van der Waals surface area (Å²) in [5.41, 5.74) is -0.882. The molecule has 3 fully saturated rings. The van der Waals surface area contributed by atoms with Crippen LogP contribution in [0.5, 0.6) is 0 Å². The third-order valence-electron chi connectivity index (χ3n) is 8.97. The normalized spacial score (nSPS) is 24.4. The van der Waals surface area contributed by atoms with Crippen LogP contribution in [0.4, 0.5) is 4.79 Å². The molecule has 0 aromatic carbocycles. The Balaban J connectivity index is 1.83. The van der Waals surface area contributed by atoms with E-state index < -0.39 is 47.4 Å². The van der Waals surface area contributed by atoms with Crippen molar-refractivity contribution in [1.29, 1.82) is 0 Å². The lowest BCUT2D eigenvalue weighted by Gasteiger charge is -2.35. The van der Waals surface area contributed by atoms with Gasteiger partial charge in [-0.1, -0.05) is 58.1 Å². The van der Waals surface area contributed by atoms with Crippen molar-refractivity contribution in [3.05, 3.63) is 25.3 Å². The van der Waals surface area contributed by atoms with Crippen molar-refractivity contribution in [3.8, 4) is 0 Å². The second kappa shape index (κ2) is 13.9. The van der Waals surface area contributed by atoms with Crippen molar-refractivity contribution >= 4 is 29.6 Å². The third kappa shape index (κ3) is 8.22. The lowest BCUT2D eigenvalue weighted by molar-refractivity contribution is -0.144. The van der Waals surface area contributed by atoms with E-state index in [2.05, 4.69) is 43.0 Å². The quantitative estimate of drug-likeness (QED) is 0.223. The first kappa shape index (κ1) is 33.3. The van der Waals surface area contributed by atoms with E-state index in [0.29, 0.717) is 25.3 Å². The summed E-state index contributed by atoms with van der Waals surface area (Å²) in [6.45, 7) is 17.2. The molecular formula is C32H50N4O6. The molecular weight excluding hydrogens is 536 g/mol. The van der Waals surface area contributed by atoms with E-state index in [9.17, 15) is 24.0 Å². The Bertz CT molecular complexity index is 1060. The molecule has 4 amide bonds. The van der Waals surface area contributed by atoms with Crippen molar-refractivity contribution in [2.75, 3.05) is 13.1 Å². The molecule has 3 aliphatic rings. The first-order valence-corrected chi connectivity index (χ1v) is 15.4. The van der Waals surface area contributed by atoms with E-state index in [0.717, 1.165) is 25.7 Å². The predicted octanol–water partition coefficient (Wildman–Crippen LogP) is 3.66. The molecule has 3 N–H and O–H groups in total. The van der Waals surface area contributed by atoms with Crippen LogP contribution in [0.25, 0.3) is 0 Å². The number of nitrogens with zero attached hydrogens (tertiary/aromatic N) is 1. The molecule has 2 saturated carbocycles. The Morgan fingerprint density at radius 1 is 1.00 bits per heavy atom. The van der Waals surface area contributed by atoms with Crippen molar-refractivity contribution in [2.45, 2.75) is 110 Å². The highest BCUT2D eigenvalue weighted by Crippen LogP contribution is 2.65. The summed E-state index contributed by atoms with van der Waals surface area (Å²) in [5, 5.41) is 8.09. The summed E-state index contributed by atoms with van der Waals surface area (Å²) in [5.74, 6) is -2.02. The zero-order chi connectivity index (χ0) is 31.2. The van der Waals surface area contributed by atoms with Gasteiger partial charge in [-0.05, 0) is 63.2 Å². The number of hydrogen-bond donors (Lipinski definition) is 3. The van der Waals surface area contributed by atoms with E-state index >= 15 is 0 Å². The van der Waals surface area contributed by atoms with Crippen molar-refractivity contribution in [1.82, 2.24) is 20.9 Å². The van der Waals surface area contributed by atoms with Gasteiger partial charge in [-0.25, -0.2) is 4.79 Å². The minimum Gasteiger partial charge on any atom is -0.444 e. The lowest BCUT2D eigenvalue weighted by atomic mass is 9.84. The number of fused-ring (bicyclic) bond motifs is 1. The monoisotopic (exact) mass is 586 g/mol. The van der Waals surface area contributed by atoms with Gasteiger partial charge in [-0.3, -0.25) is 19.2 Å². The Kier molecular flexibility index (Phi) is 11.0. The van der Waals surface area contributed by atoms with E-state index in [-0.39, 0.29) is 36.1 Å². The van der Waals surface area contributed by atoms with Gasteiger partial charge in [-0.15, -0.1) is 13.2 Å². The first-order valence-electron chi connectivity index (χ1n) is 15.4. The van der Waals surface area contributed by atoms with Crippen molar-refractivity contribution in [3.63, 3.8) is 0 Å². The Morgan fingerprint density at radius 2 is 1.67 bits per heavy atom. The van der Waals surface area contributed by atoms with E-state index in [4.69, 9.17) is 4.74 Å². The zero-order valence-electron chi connectivity index (χ0n) is 26.0. The number of hydrogen-bond acceptors (Lipinski definition) is 6. The fraction of sp³-hybridized carbons (Fsp3) is 0.719. The number of ether oxygens (including phenoxy) is 1. The predicted molar refractivity (Wildman–Crippen MR) is 160 cm³/mol. The Morgan fingerprint density at radius 3 is 2.26 bits per heavy atom. The van der Waals surface area contributed by atoms with Crippen LogP contribution in [0.3, 0.4) is 0 Å². The fourth-order valence-corrected chi connectivity index (χ4v) is 6.66. The summed E-state index contributed by atoms with van der Waals surface area (Å²) >= 11 is 0. The highest BCUT2D eigenvalue weighted by atomic mass is 16.6. The van der Waals surface area contributed by atoms with Gasteiger partial charge in [-0.2, -0.15) is 0 Å². The molecule has 1 saturated heterocycles.